The van der Waals surface area contributed by atoms with E-state index in [9.17, 15) is 18.3 Å². The molecule has 0 spiro atoms. The second-order valence-electron chi connectivity index (χ2n) is 5.72. The second-order valence-corrected chi connectivity index (χ2v) is 7.97. The number of carboxylic acids is 1. The van der Waals surface area contributed by atoms with E-state index >= 15 is 0 Å². The molecule has 2 heterocycles. The Hall–Kier alpha value is -1.11. The van der Waals surface area contributed by atoms with Crippen molar-refractivity contribution in [2.24, 2.45) is 5.92 Å². The van der Waals surface area contributed by atoms with Gasteiger partial charge >= 0.3 is 5.97 Å². The molecular formula is C14H16ClNO4S. The van der Waals surface area contributed by atoms with Gasteiger partial charge in [-0.25, -0.2) is 8.42 Å². The third-order valence-corrected chi connectivity index (χ3v) is 6.85. The number of halogens is 1. The summed E-state index contributed by atoms with van der Waals surface area (Å²) in [6, 6.07) is 4.12. The molecular weight excluding hydrogens is 314 g/mol. The summed E-state index contributed by atoms with van der Waals surface area (Å²) in [6.45, 7) is 1.72. The van der Waals surface area contributed by atoms with Crippen LogP contribution >= 0.6 is 11.6 Å². The van der Waals surface area contributed by atoms with E-state index < -0.39 is 28.0 Å². The molecule has 0 radical (unpaired) electrons. The molecule has 3 unspecified atom stereocenters. The minimum atomic E-state index is -3.71. The predicted octanol–water partition coefficient (Wildman–Crippen LogP) is 2.27. The first-order valence-corrected chi connectivity index (χ1v) is 8.66. The Balaban J connectivity index is 2.04. The Bertz CT molecular complexity index is 703. The summed E-state index contributed by atoms with van der Waals surface area (Å²) in [7, 11) is -3.71. The molecule has 1 aromatic carbocycles. The largest absolute Gasteiger partial charge is 0.481 e. The molecule has 5 nitrogen and oxygen atoms in total. The molecule has 114 valence electrons. The molecule has 7 heteroatoms. The summed E-state index contributed by atoms with van der Waals surface area (Å²) in [5.74, 6) is -1.51. The summed E-state index contributed by atoms with van der Waals surface area (Å²) in [4.78, 5) is 11.5. The highest BCUT2D eigenvalue weighted by atomic mass is 35.5. The van der Waals surface area contributed by atoms with Crippen LogP contribution in [0.2, 0.25) is 5.02 Å². The first kappa shape index (κ1) is 14.8. The standard InChI is InChI=1S/C14H16ClNO4S/c1-8-2-3-9(15)6-13(8)21(19,20)16-10-4-5-12(16)11(7-10)14(17)18/h2-3,6,10-12H,4-5,7H2,1H3,(H,17,18). The Morgan fingerprint density at radius 2 is 2.10 bits per heavy atom. The van der Waals surface area contributed by atoms with Crippen LogP contribution in [-0.4, -0.2) is 35.9 Å². The Kier molecular flexibility index (Phi) is 3.50. The molecule has 0 aromatic heterocycles. The fourth-order valence-electron chi connectivity index (χ4n) is 3.54. The fraction of sp³-hybridized carbons (Fsp3) is 0.500. The first-order valence-electron chi connectivity index (χ1n) is 6.85. The van der Waals surface area contributed by atoms with E-state index in [0.29, 0.717) is 23.4 Å². The lowest BCUT2D eigenvalue weighted by Crippen LogP contribution is -2.38. The van der Waals surface area contributed by atoms with E-state index in [1.807, 2.05) is 0 Å². The molecule has 2 bridgehead atoms. The minimum Gasteiger partial charge on any atom is -0.481 e. The third kappa shape index (κ3) is 2.25. The van der Waals surface area contributed by atoms with Crippen LogP contribution in [0.4, 0.5) is 0 Å². The average molecular weight is 330 g/mol. The number of nitrogens with zero attached hydrogens (tertiary/aromatic N) is 1. The number of sulfonamides is 1. The number of rotatable bonds is 3. The number of hydrogen-bond acceptors (Lipinski definition) is 3. The van der Waals surface area contributed by atoms with Gasteiger partial charge in [0.1, 0.15) is 0 Å². The van der Waals surface area contributed by atoms with Gasteiger partial charge in [0.25, 0.3) is 0 Å². The lowest BCUT2D eigenvalue weighted by atomic mass is 9.89. The van der Waals surface area contributed by atoms with Crippen molar-refractivity contribution < 1.29 is 18.3 Å². The van der Waals surface area contributed by atoms with Gasteiger partial charge in [-0.05, 0) is 43.9 Å². The molecule has 0 saturated carbocycles. The van der Waals surface area contributed by atoms with Crippen molar-refractivity contribution in [2.45, 2.75) is 43.2 Å². The number of carboxylic acid groups (broad SMARTS) is 1. The number of aryl methyl sites for hydroxylation is 1. The van der Waals surface area contributed by atoms with Gasteiger partial charge in [-0.2, -0.15) is 4.31 Å². The van der Waals surface area contributed by atoms with Crippen LogP contribution < -0.4 is 0 Å². The van der Waals surface area contributed by atoms with Crippen LogP contribution in [0.15, 0.2) is 23.1 Å². The highest BCUT2D eigenvalue weighted by Gasteiger charge is 2.54. The quantitative estimate of drug-likeness (QED) is 0.923. The summed E-state index contributed by atoms with van der Waals surface area (Å²) < 4.78 is 27.2. The molecule has 3 atom stereocenters. The highest BCUT2D eigenvalue weighted by Crippen LogP contribution is 2.45. The summed E-state index contributed by atoms with van der Waals surface area (Å²) >= 11 is 5.92. The molecule has 1 N–H and O–H groups in total. The van der Waals surface area contributed by atoms with Crippen LogP contribution in [0.3, 0.4) is 0 Å². The molecule has 2 saturated heterocycles. The van der Waals surface area contributed by atoms with Crippen molar-refractivity contribution in [1.82, 2.24) is 4.31 Å². The highest BCUT2D eigenvalue weighted by molar-refractivity contribution is 7.89. The van der Waals surface area contributed by atoms with Crippen molar-refractivity contribution in [3.63, 3.8) is 0 Å². The number of benzene rings is 1. The lowest BCUT2D eigenvalue weighted by molar-refractivity contribution is -0.142. The summed E-state index contributed by atoms with van der Waals surface area (Å²) in [5.41, 5.74) is 0.623. The number of aliphatic carboxylic acids is 1. The maximum absolute atomic E-state index is 12.9. The average Bonchev–Trinajstić information content (AvgIpc) is 2.99. The van der Waals surface area contributed by atoms with Gasteiger partial charge in [0.2, 0.25) is 10.0 Å². The number of hydrogen-bond donors (Lipinski definition) is 1. The molecule has 1 aromatic rings. The van der Waals surface area contributed by atoms with E-state index in [4.69, 9.17) is 11.6 Å². The van der Waals surface area contributed by atoms with Crippen molar-refractivity contribution in [3.8, 4) is 0 Å². The van der Waals surface area contributed by atoms with Gasteiger partial charge in [-0.1, -0.05) is 17.7 Å². The van der Waals surface area contributed by atoms with E-state index in [2.05, 4.69) is 0 Å². The van der Waals surface area contributed by atoms with Gasteiger partial charge in [-0.3, -0.25) is 4.79 Å². The van der Waals surface area contributed by atoms with Gasteiger partial charge in [0.05, 0.1) is 10.8 Å². The number of carbonyl (C=O) groups is 1. The maximum atomic E-state index is 12.9. The van der Waals surface area contributed by atoms with Crippen LogP contribution in [0, 0.1) is 12.8 Å². The number of fused-ring (bicyclic) bond motifs is 2. The van der Waals surface area contributed by atoms with Crippen LogP contribution in [0.25, 0.3) is 0 Å². The molecule has 2 aliphatic heterocycles. The maximum Gasteiger partial charge on any atom is 0.308 e. The molecule has 0 amide bonds. The molecule has 0 aliphatic carbocycles. The third-order valence-electron chi connectivity index (χ3n) is 4.50. The van der Waals surface area contributed by atoms with Gasteiger partial charge in [0, 0.05) is 17.1 Å². The van der Waals surface area contributed by atoms with E-state index in [0.717, 1.165) is 6.42 Å². The smallest absolute Gasteiger partial charge is 0.308 e. The topological polar surface area (TPSA) is 74.7 Å². The van der Waals surface area contributed by atoms with Crippen LogP contribution in [0.5, 0.6) is 0 Å². The van der Waals surface area contributed by atoms with E-state index in [1.165, 1.54) is 10.4 Å². The zero-order valence-corrected chi connectivity index (χ0v) is 13.1. The predicted molar refractivity (Wildman–Crippen MR) is 77.8 cm³/mol. The van der Waals surface area contributed by atoms with Crippen molar-refractivity contribution in [3.05, 3.63) is 28.8 Å². The van der Waals surface area contributed by atoms with Gasteiger partial charge < -0.3 is 5.11 Å². The first-order chi connectivity index (χ1) is 9.82. The van der Waals surface area contributed by atoms with Crippen molar-refractivity contribution >= 4 is 27.6 Å². The van der Waals surface area contributed by atoms with Crippen molar-refractivity contribution in [2.75, 3.05) is 0 Å². The Labute approximate surface area is 128 Å². The summed E-state index contributed by atoms with van der Waals surface area (Å²) in [5, 5.41) is 9.61. The lowest BCUT2D eigenvalue weighted by Gasteiger charge is -2.23. The zero-order valence-electron chi connectivity index (χ0n) is 11.5. The van der Waals surface area contributed by atoms with Crippen molar-refractivity contribution in [1.29, 1.82) is 0 Å². The minimum absolute atomic E-state index is 0.179. The monoisotopic (exact) mass is 329 g/mol. The normalized spacial score (nSPS) is 29.0. The Morgan fingerprint density at radius 3 is 2.71 bits per heavy atom. The molecule has 2 fully saturated rings. The van der Waals surface area contributed by atoms with Gasteiger partial charge in [-0.15, -0.1) is 0 Å². The Morgan fingerprint density at radius 1 is 1.38 bits per heavy atom. The van der Waals surface area contributed by atoms with Crippen LogP contribution in [-0.2, 0) is 14.8 Å². The summed E-state index contributed by atoms with van der Waals surface area (Å²) in [6.07, 6.45) is 1.74. The zero-order chi connectivity index (χ0) is 15.4. The second kappa shape index (κ2) is 4.97. The van der Waals surface area contributed by atoms with Crippen LogP contribution in [0.1, 0.15) is 24.8 Å². The molecule has 2 aliphatic rings. The fourth-order valence-corrected chi connectivity index (χ4v) is 5.95. The van der Waals surface area contributed by atoms with Gasteiger partial charge in [0.15, 0.2) is 0 Å². The van der Waals surface area contributed by atoms with E-state index in [1.54, 1.807) is 19.1 Å². The molecule has 3 rings (SSSR count). The molecule has 21 heavy (non-hydrogen) atoms. The van der Waals surface area contributed by atoms with E-state index in [-0.39, 0.29) is 10.9 Å². The SMILES string of the molecule is Cc1ccc(Cl)cc1S(=O)(=O)N1C2CCC1C(C(=O)O)C2.